The molecule has 108 valence electrons. The molecule has 0 aliphatic rings. The Bertz CT molecular complexity index is 634. The number of amides is 1. The Hall–Kier alpha value is -2.42. The summed E-state index contributed by atoms with van der Waals surface area (Å²) in [6, 6.07) is 3.35. The number of nitrogens with one attached hydrogen (secondary N) is 3. The first-order valence-electron chi connectivity index (χ1n) is 6.14. The molecule has 0 radical (unpaired) electrons. The van der Waals surface area contributed by atoms with E-state index in [2.05, 4.69) is 25.9 Å². The monoisotopic (exact) mass is 280 g/mol. The molecule has 2 rings (SSSR count). The molecule has 2 aromatic heterocycles. The number of hydrogen-bond donors (Lipinski definition) is 3. The highest BCUT2D eigenvalue weighted by Gasteiger charge is 2.04. The van der Waals surface area contributed by atoms with E-state index in [1.807, 2.05) is 0 Å². The summed E-state index contributed by atoms with van der Waals surface area (Å²) in [5.41, 5.74) is 0.0406. The van der Waals surface area contributed by atoms with Crippen LogP contribution in [0.2, 0.25) is 0 Å². The lowest BCUT2D eigenvalue weighted by molar-refractivity contribution is -0.121. The van der Waals surface area contributed by atoms with E-state index in [0.717, 1.165) is 4.52 Å². The van der Waals surface area contributed by atoms with Crippen LogP contribution in [0.1, 0.15) is 6.42 Å². The number of carbonyl (C=O) groups excluding carboxylic acids is 1. The summed E-state index contributed by atoms with van der Waals surface area (Å²) in [7, 11) is 1.58. The Morgan fingerprint density at radius 2 is 2.30 bits per heavy atom. The smallest absolute Gasteiger partial charge is 0.364 e. The zero-order valence-electron chi connectivity index (χ0n) is 11.0. The number of rotatable bonds is 7. The van der Waals surface area contributed by atoms with Crippen LogP contribution in [0.15, 0.2) is 16.9 Å². The molecule has 0 bridgehead atoms. The zero-order chi connectivity index (χ0) is 14.4. The topological polar surface area (TPSA) is 113 Å². The second kappa shape index (κ2) is 6.66. The summed E-state index contributed by atoms with van der Waals surface area (Å²) in [5.74, 6) is 0.432. The van der Waals surface area contributed by atoms with Gasteiger partial charge in [0.2, 0.25) is 5.91 Å². The van der Waals surface area contributed by atoms with Gasteiger partial charge in [0, 0.05) is 26.6 Å². The number of hydrogen-bond acceptors (Lipinski definition) is 6. The SMILES string of the molecule is COCCNC(=O)CCNc1ccc2n[nH]c(=O)n2n1. The van der Waals surface area contributed by atoms with E-state index >= 15 is 0 Å². The molecule has 0 aliphatic carbocycles. The van der Waals surface area contributed by atoms with Crippen LogP contribution in [-0.2, 0) is 9.53 Å². The van der Waals surface area contributed by atoms with Gasteiger partial charge in [0.25, 0.3) is 0 Å². The third-order valence-electron chi connectivity index (χ3n) is 2.56. The van der Waals surface area contributed by atoms with Gasteiger partial charge in [-0.25, -0.2) is 9.89 Å². The lowest BCUT2D eigenvalue weighted by Gasteiger charge is -2.06. The number of aromatic nitrogens is 4. The molecule has 0 saturated carbocycles. The van der Waals surface area contributed by atoms with Crippen molar-refractivity contribution in [1.82, 2.24) is 25.1 Å². The maximum atomic E-state index is 11.4. The summed E-state index contributed by atoms with van der Waals surface area (Å²) in [4.78, 5) is 22.8. The molecule has 0 unspecified atom stereocenters. The van der Waals surface area contributed by atoms with Crippen molar-refractivity contribution in [2.24, 2.45) is 0 Å². The van der Waals surface area contributed by atoms with Crippen molar-refractivity contribution in [3.8, 4) is 0 Å². The first-order chi connectivity index (χ1) is 9.70. The van der Waals surface area contributed by atoms with Crippen molar-refractivity contribution in [1.29, 1.82) is 0 Å². The van der Waals surface area contributed by atoms with Gasteiger partial charge in [-0.15, -0.1) is 5.10 Å². The van der Waals surface area contributed by atoms with E-state index in [4.69, 9.17) is 4.74 Å². The average molecular weight is 280 g/mol. The second-order valence-corrected chi connectivity index (χ2v) is 4.04. The third-order valence-corrected chi connectivity index (χ3v) is 2.56. The fourth-order valence-electron chi connectivity index (χ4n) is 1.58. The highest BCUT2D eigenvalue weighted by molar-refractivity contribution is 5.76. The molecule has 1 amide bonds. The number of aromatic amines is 1. The van der Waals surface area contributed by atoms with Gasteiger partial charge in [-0.3, -0.25) is 4.79 Å². The first-order valence-corrected chi connectivity index (χ1v) is 6.14. The van der Waals surface area contributed by atoms with E-state index in [0.29, 0.717) is 37.6 Å². The van der Waals surface area contributed by atoms with Crippen LogP contribution in [0.4, 0.5) is 5.82 Å². The summed E-state index contributed by atoms with van der Waals surface area (Å²) in [6.07, 6.45) is 0.309. The minimum atomic E-state index is -0.402. The summed E-state index contributed by atoms with van der Waals surface area (Å²) in [5, 5.41) is 15.8. The van der Waals surface area contributed by atoms with Crippen LogP contribution in [-0.4, -0.2) is 52.5 Å². The molecule has 0 aliphatic heterocycles. The Morgan fingerprint density at radius 3 is 3.10 bits per heavy atom. The molecule has 0 fully saturated rings. The van der Waals surface area contributed by atoms with Gasteiger partial charge in [-0.2, -0.15) is 9.61 Å². The van der Waals surface area contributed by atoms with E-state index in [-0.39, 0.29) is 5.91 Å². The molecule has 2 heterocycles. The van der Waals surface area contributed by atoms with Crippen molar-refractivity contribution in [2.75, 3.05) is 32.1 Å². The number of carbonyl (C=O) groups is 1. The van der Waals surface area contributed by atoms with Gasteiger partial charge in [0.1, 0.15) is 5.82 Å². The maximum Gasteiger partial charge on any atom is 0.364 e. The molecular weight excluding hydrogens is 264 g/mol. The van der Waals surface area contributed by atoms with Crippen molar-refractivity contribution >= 4 is 17.4 Å². The van der Waals surface area contributed by atoms with Crippen molar-refractivity contribution < 1.29 is 9.53 Å². The third kappa shape index (κ3) is 3.54. The zero-order valence-corrected chi connectivity index (χ0v) is 11.0. The largest absolute Gasteiger partial charge is 0.383 e. The molecule has 0 saturated heterocycles. The molecule has 0 spiro atoms. The lowest BCUT2D eigenvalue weighted by atomic mass is 10.4. The van der Waals surface area contributed by atoms with Crippen LogP contribution < -0.4 is 16.3 Å². The van der Waals surface area contributed by atoms with Crippen LogP contribution >= 0.6 is 0 Å². The summed E-state index contributed by atoms with van der Waals surface area (Å²) >= 11 is 0. The standard InChI is InChI=1S/C11H16N6O3/c1-20-7-6-13-10(18)4-5-12-8-2-3-9-14-15-11(19)17(9)16-8/h2-3H,4-7H2,1H3,(H,12,16)(H,13,18)(H,15,19). The van der Waals surface area contributed by atoms with Gasteiger partial charge in [0.05, 0.1) is 6.61 Å². The fraction of sp³-hybridized carbons (Fsp3) is 0.455. The summed E-state index contributed by atoms with van der Waals surface area (Å²) in [6.45, 7) is 1.40. The van der Waals surface area contributed by atoms with Gasteiger partial charge >= 0.3 is 5.69 Å². The molecule has 9 heteroatoms. The number of ether oxygens (including phenoxy) is 1. The van der Waals surface area contributed by atoms with Crippen molar-refractivity contribution in [3.05, 3.63) is 22.6 Å². The number of nitrogens with zero attached hydrogens (tertiary/aromatic N) is 3. The maximum absolute atomic E-state index is 11.4. The number of fused-ring (bicyclic) bond motifs is 1. The lowest BCUT2D eigenvalue weighted by Crippen LogP contribution is -2.28. The molecular formula is C11H16N6O3. The Kier molecular flexibility index (Phi) is 4.66. The number of methoxy groups -OCH3 is 1. The average Bonchev–Trinajstić information content (AvgIpc) is 2.81. The molecule has 0 atom stereocenters. The summed E-state index contributed by atoms with van der Waals surface area (Å²) < 4.78 is 5.98. The van der Waals surface area contributed by atoms with E-state index in [9.17, 15) is 9.59 Å². The Labute approximate surface area is 114 Å². The van der Waals surface area contributed by atoms with Gasteiger partial charge in [-0.05, 0) is 12.1 Å². The van der Waals surface area contributed by atoms with Crippen molar-refractivity contribution in [2.45, 2.75) is 6.42 Å². The minimum absolute atomic E-state index is 0.0730. The van der Waals surface area contributed by atoms with Gasteiger partial charge in [0.15, 0.2) is 5.65 Å². The van der Waals surface area contributed by atoms with Gasteiger partial charge in [-0.1, -0.05) is 0 Å². The van der Waals surface area contributed by atoms with Crippen LogP contribution in [0.25, 0.3) is 5.65 Å². The van der Waals surface area contributed by atoms with E-state index in [1.165, 1.54) is 0 Å². The predicted molar refractivity (Wildman–Crippen MR) is 71.6 cm³/mol. The Balaban J connectivity index is 1.82. The van der Waals surface area contributed by atoms with Crippen molar-refractivity contribution in [3.63, 3.8) is 0 Å². The molecule has 0 aromatic carbocycles. The normalized spacial score (nSPS) is 10.7. The number of H-pyrrole nitrogens is 1. The highest BCUT2D eigenvalue weighted by atomic mass is 16.5. The molecule has 9 nitrogen and oxygen atoms in total. The quantitative estimate of drug-likeness (QED) is 0.560. The van der Waals surface area contributed by atoms with Crippen LogP contribution in [0.5, 0.6) is 0 Å². The Morgan fingerprint density at radius 1 is 1.45 bits per heavy atom. The first kappa shape index (κ1) is 14.0. The second-order valence-electron chi connectivity index (χ2n) is 4.04. The van der Waals surface area contributed by atoms with Gasteiger partial charge < -0.3 is 15.4 Å². The van der Waals surface area contributed by atoms with E-state index in [1.54, 1.807) is 19.2 Å². The molecule has 20 heavy (non-hydrogen) atoms. The predicted octanol–water partition coefficient (Wildman–Crippen LogP) is -1.02. The highest BCUT2D eigenvalue weighted by Crippen LogP contribution is 2.02. The van der Waals surface area contributed by atoms with E-state index < -0.39 is 5.69 Å². The number of anilines is 1. The van der Waals surface area contributed by atoms with Crippen LogP contribution in [0.3, 0.4) is 0 Å². The molecule has 2 aromatic rings. The minimum Gasteiger partial charge on any atom is -0.383 e. The van der Waals surface area contributed by atoms with Crippen LogP contribution in [0, 0.1) is 0 Å². The molecule has 3 N–H and O–H groups in total. The fourth-order valence-corrected chi connectivity index (χ4v) is 1.58.